The third-order valence-corrected chi connectivity index (χ3v) is 6.89. The van der Waals surface area contributed by atoms with Crippen molar-refractivity contribution in [2.45, 2.75) is 44.3 Å². The number of benzene rings is 2. The van der Waals surface area contributed by atoms with E-state index < -0.39 is 11.9 Å². The Bertz CT molecular complexity index is 810. The van der Waals surface area contributed by atoms with E-state index in [1.807, 2.05) is 62.4 Å². The maximum Gasteiger partial charge on any atom is 0.331 e. The smallest absolute Gasteiger partial charge is 0.331 e. The van der Waals surface area contributed by atoms with Gasteiger partial charge in [-0.1, -0.05) is 72.7 Å². The van der Waals surface area contributed by atoms with Gasteiger partial charge in [0.25, 0.3) is 0 Å². The first-order chi connectivity index (χ1) is 13.9. The molecule has 2 rings (SSSR count). The highest BCUT2D eigenvalue weighted by Crippen LogP contribution is 2.41. The van der Waals surface area contributed by atoms with Gasteiger partial charge in [-0.3, -0.25) is 0 Å². The van der Waals surface area contributed by atoms with Crippen LogP contribution in [0.15, 0.2) is 93.4 Å². The van der Waals surface area contributed by atoms with Gasteiger partial charge < -0.3 is 9.47 Å². The maximum absolute atomic E-state index is 11.4. The Hall–Kier alpha value is -2.09. The van der Waals surface area contributed by atoms with Gasteiger partial charge in [-0.25, -0.2) is 9.59 Å². The number of hydrogen-bond acceptors (Lipinski definition) is 7. The number of esters is 2. The molecule has 152 valence electrons. The molecule has 2 unspecified atom stereocenters. The van der Waals surface area contributed by atoms with Crippen molar-refractivity contribution < 1.29 is 19.1 Å². The number of rotatable bonds is 10. The molecule has 0 spiro atoms. The summed E-state index contributed by atoms with van der Waals surface area (Å²) in [4.78, 5) is 27.0. The SMILES string of the molecule is C=CC(=O)OC(C)Sc1ccccc1Sc1ccccc1SC(C)OC(=O)C=C. The number of hydrogen-bond donors (Lipinski definition) is 0. The molecule has 0 aliphatic carbocycles. The molecule has 0 radical (unpaired) electrons. The minimum Gasteiger partial charge on any atom is -0.448 e. The molecule has 2 aromatic carbocycles. The largest absolute Gasteiger partial charge is 0.448 e. The van der Waals surface area contributed by atoms with Crippen LogP contribution in [0.3, 0.4) is 0 Å². The second-order valence-corrected chi connectivity index (χ2v) is 9.41. The van der Waals surface area contributed by atoms with Crippen LogP contribution in [-0.4, -0.2) is 22.8 Å². The summed E-state index contributed by atoms with van der Waals surface area (Å²) in [6.45, 7) is 10.5. The molecule has 0 amide bonds. The average molecular weight is 447 g/mol. The van der Waals surface area contributed by atoms with Crippen molar-refractivity contribution in [1.82, 2.24) is 0 Å². The number of carbonyl (C=O) groups excluding carboxylic acids is 2. The summed E-state index contributed by atoms with van der Waals surface area (Å²) in [5, 5.41) is 0. The molecule has 2 atom stereocenters. The standard InChI is InChI=1S/C22H22O4S3/c1-5-21(23)25-15(3)27-17-11-7-9-13-19(17)29-20-14-10-8-12-18(20)28-16(4)26-22(24)6-2/h5-16H,1-2H2,3-4H3. The topological polar surface area (TPSA) is 52.6 Å². The maximum atomic E-state index is 11.4. The van der Waals surface area contributed by atoms with Crippen molar-refractivity contribution in [3.63, 3.8) is 0 Å². The van der Waals surface area contributed by atoms with Crippen LogP contribution in [0.2, 0.25) is 0 Å². The Morgan fingerprint density at radius 3 is 1.45 bits per heavy atom. The zero-order valence-corrected chi connectivity index (χ0v) is 18.6. The molecule has 2 aromatic rings. The zero-order valence-electron chi connectivity index (χ0n) is 16.2. The van der Waals surface area contributed by atoms with Gasteiger partial charge in [0, 0.05) is 31.7 Å². The van der Waals surface area contributed by atoms with Crippen LogP contribution >= 0.6 is 35.3 Å². The van der Waals surface area contributed by atoms with Crippen LogP contribution in [0.1, 0.15) is 13.8 Å². The molecule has 7 heteroatoms. The molecule has 0 heterocycles. The van der Waals surface area contributed by atoms with Crippen molar-refractivity contribution in [2.24, 2.45) is 0 Å². The predicted octanol–water partition coefficient (Wildman–Crippen LogP) is 6.17. The molecule has 0 aliphatic heterocycles. The Balaban J connectivity index is 2.16. The third kappa shape index (κ3) is 7.68. The summed E-state index contributed by atoms with van der Waals surface area (Å²) in [5.41, 5.74) is -0.685. The molecule has 0 saturated heterocycles. The number of ether oxygens (including phenoxy) is 2. The van der Waals surface area contributed by atoms with E-state index in [2.05, 4.69) is 13.2 Å². The first-order valence-corrected chi connectivity index (χ1v) is 11.4. The van der Waals surface area contributed by atoms with Gasteiger partial charge in [0.1, 0.15) is 10.9 Å². The highest BCUT2D eigenvalue weighted by Gasteiger charge is 2.15. The quantitative estimate of drug-likeness (QED) is 0.187. The molecule has 0 fully saturated rings. The number of carbonyl (C=O) groups is 2. The van der Waals surface area contributed by atoms with Gasteiger partial charge in [-0.05, 0) is 38.1 Å². The van der Waals surface area contributed by atoms with Crippen LogP contribution in [0, 0.1) is 0 Å². The van der Waals surface area contributed by atoms with Crippen LogP contribution in [0.5, 0.6) is 0 Å². The van der Waals surface area contributed by atoms with Gasteiger partial charge in [-0.2, -0.15) is 0 Å². The fraction of sp³-hybridized carbons (Fsp3) is 0.182. The van der Waals surface area contributed by atoms with E-state index in [1.165, 1.54) is 23.5 Å². The summed E-state index contributed by atoms with van der Waals surface area (Å²) < 4.78 is 10.5. The fourth-order valence-corrected chi connectivity index (χ4v) is 5.30. The van der Waals surface area contributed by atoms with E-state index in [1.54, 1.807) is 11.8 Å². The van der Waals surface area contributed by atoms with Crippen LogP contribution < -0.4 is 0 Å². The van der Waals surface area contributed by atoms with E-state index in [9.17, 15) is 9.59 Å². The lowest BCUT2D eigenvalue weighted by Gasteiger charge is -2.16. The fourth-order valence-electron chi connectivity index (χ4n) is 2.21. The van der Waals surface area contributed by atoms with Crippen LogP contribution in [0.25, 0.3) is 0 Å². The Labute approximate surface area is 184 Å². The Kier molecular flexibility index (Phi) is 9.44. The molecule has 0 saturated carbocycles. The van der Waals surface area contributed by atoms with Crippen molar-refractivity contribution in [3.8, 4) is 0 Å². The normalized spacial score (nSPS) is 12.5. The molecule has 0 bridgehead atoms. The Morgan fingerprint density at radius 2 is 1.10 bits per heavy atom. The first-order valence-electron chi connectivity index (χ1n) is 8.78. The predicted molar refractivity (Wildman–Crippen MR) is 120 cm³/mol. The molecule has 0 aromatic heterocycles. The third-order valence-electron chi connectivity index (χ3n) is 3.40. The molecular weight excluding hydrogens is 424 g/mol. The highest BCUT2D eigenvalue weighted by molar-refractivity contribution is 8.04. The van der Waals surface area contributed by atoms with E-state index in [0.29, 0.717) is 0 Å². The summed E-state index contributed by atoms with van der Waals surface area (Å²) in [6, 6.07) is 15.9. The average Bonchev–Trinajstić information content (AvgIpc) is 2.70. The van der Waals surface area contributed by atoms with Gasteiger partial charge in [0.05, 0.1) is 0 Å². The van der Waals surface area contributed by atoms with Crippen LogP contribution in [0.4, 0.5) is 0 Å². The number of thioether (sulfide) groups is 2. The molecular formula is C22H22O4S3. The van der Waals surface area contributed by atoms with Crippen molar-refractivity contribution in [2.75, 3.05) is 0 Å². The molecule has 0 aliphatic rings. The van der Waals surface area contributed by atoms with E-state index >= 15 is 0 Å². The lowest BCUT2D eigenvalue weighted by Crippen LogP contribution is -2.09. The molecule has 29 heavy (non-hydrogen) atoms. The second kappa shape index (κ2) is 11.8. The van der Waals surface area contributed by atoms with Gasteiger partial charge in [0.2, 0.25) is 0 Å². The van der Waals surface area contributed by atoms with Gasteiger partial charge in [-0.15, -0.1) is 0 Å². The van der Waals surface area contributed by atoms with E-state index in [-0.39, 0.29) is 10.9 Å². The van der Waals surface area contributed by atoms with E-state index in [4.69, 9.17) is 9.47 Å². The summed E-state index contributed by atoms with van der Waals surface area (Å²) in [5.74, 6) is -0.889. The summed E-state index contributed by atoms with van der Waals surface area (Å²) >= 11 is 4.54. The monoisotopic (exact) mass is 446 g/mol. The second-order valence-electron chi connectivity index (χ2n) is 5.65. The first kappa shape index (κ1) is 23.2. The minimum absolute atomic E-state index is 0.342. The highest BCUT2D eigenvalue weighted by atomic mass is 32.2. The van der Waals surface area contributed by atoms with Crippen molar-refractivity contribution >= 4 is 47.2 Å². The molecule has 0 N–H and O–H groups in total. The van der Waals surface area contributed by atoms with Gasteiger partial charge in [0.15, 0.2) is 0 Å². The Morgan fingerprint density at radius 1 is 0.759 bits per heavy atom. The zero-order chi connectivity index (χ0) is 21.2. The van der Waals surface area contributed by atoms with Crippen molar-refractivity contribution in [3.05, 3.63) is 73.8 Å². The van der Waals surface area contributed by atoms with Gasteiger partial charge >= 0.3 is 11.9 Å². The lowest BCUT2D eigenvalue weighted by molar-refractivity contribution is -0.139. The van der Waals surface area contributed by atoms with Crippen molar-refractivity contribution in [1.29, 1.82) is 0 Å². The summed E-state index contributed by atoms with van der Waals surface area (Å²) in [7, 11) is 0. The minimum atomic E-state index is -0.445. The summed E-state index contributed by atoms with van der Waals surface area (Å²) in [6.07, 6.45) is 2.32. The molecule has 4 nitrogen and oxygen atoms in total. The van der Waals surface area contributed by atoms with E-state index in [0.717, 1.165) is 31.7 Å². The van der Waals surface area contributed by atoms with Crippen LogP contribution in [-0.2, 0) is 19.1 Å². The lowest BCUT2D eigenvalue weighted by atomic mass is 10.4.